The normalized spacial score (nSPS) is 26.3. The van der Waals surface area contributed by atoms with Crippen LogP contribution in [0, 0.1) is 5.92 Å². The number of likely N-dealkylation sites (tertiary alicyclic amines) is 1. The van der Waals surface area contributed by atoms with Crippen LogP contribution in [0.5, 0.6) is 0 Å². The van der Waals surface area contributed by atoms with E-state index in [9.17, 15) is 14.4 Å². The van der Waals surface area contributed by atoms with Gasteiger partial charge >= 0.3 is 25.2 Å². The highest BCUT2D eigenvalue weighted by molar-refractivity contribution is 6.45. The predicted molar refractivity (Wildman–Crippen MR) is 123 cm³/mol. The van der Waals surface area contributed by atoms with E-state index in [1.807, 2.05) is 27.7 Å². The molecular formula is C23H40BNO8. The molecule has 33 heavy (non-hydrogen) atoms. The first kappa shape index (κ1) is 27.4. The summed E-state index contributed by atoms with van der Waals surface area (Å²) in [5, 5.41) is 0. The fourth-order valence-electron chi connectivity index (χ4n) is 4.26. The Kier molecular flexibility index (Phi) is 8.49. The van der Waals surface area contributed by atoms with Crippen LogP contribution in [-0.2, 0) is 33.1 Å². The highest BCUT2D eigenvalue weighted by Crippen LogP contribution is 2.39. The number of hydrogen-bond donors (Lipinski definition) is 0. The van der Waals surface area contributed by atoms with Gasteiger partial charge in [-0.15, -0.1) is 0 Å². The first-order chi connectivity index (χ1) is 15.1. The van der Waals surface area contributed by atoms with Crippen LogP contribution in [0.3, 0.4) is 0 Å². The van der Waals surface area contributed by atoms with Crippen molar-refractivity contribution in [2.24, 2.45) is 5.92 Å². The average molecular weight is 469 g/mol. The van der Waals surface area contributed by atoms with Crippen molar-refractivity contribution in [3.05, 3.63) is 0 Å². The predicted octanol–water partition coefficient (Wildman–Crippen LogP) is 3.59. The molecule has 0 aromatic heterocycles. The molecular weight excluding hydrogens is 429 g/mol. The minimum Gasteiger partial charge on any atom is -0.467 e. The Morgan fingerprint density at radius 1 is 1.06 bits per heavy atom. The molecule has 9 nitrogen and oxygen atoms in total. The van der Waals surface area contributed by atoms with Gasteiger partial charge in [-0.3, -0.25) is 9.69 Å². The smallest absolute Gasteiger partial charge is 0.457 e. The molecule has 0 saturated carbocycles. The molecule has 0 bridgehead atoms. The van der Waals surface area contributed by atoms with Crippen LogP contribution in [-0.4, -0.2) is 72.7 Å². The van der Waals surface area contributed by atoms with Gasteiger partial charge in [0.25, 0.3) is 0 Å². The van der Waals surface area contributed by atoms with E-state index in [0.29, 0.717) is 12.7 Å². The summed E-state index contributed by atoms with van der Waals surface area (Å²) in [7, 11) is 0.988. The lowest BCUT2D eigenvalue weighted by molar-refractivity contribution is -0.151. The molecule has 2 rings (SSSR count). The summed E-state index contributed by atoms with van der Waals surface area (Å²) in [4.78, 5) is 38.5. The van der Waals surface area contributed by atoms with Crippen molar-refractivity contribution >= 4 is 25.2 Å². The van der Waals surface area contributed by atoms with E-state index in [4.69, 9.17) is 23.5 Å². The van der Waals surface area contributed by atoms with E-state index < -0.39 is 41.7 Å². The van der Waals surface area contributed by atoms with E-state index in [1.165, 1.54) is 18.9 Å². The van der Waals surface area contributed by atoms with Gasteiger partial charge in [-0.2, -0.15) is 0 Å². The van der Waals surface area contributed by atoms with Crippen LogP contribution in [0.2, 0.25) is 6.32 Å². The monoisotopic (exact) mass is 469 g/mol. The number of amides is 1. The first-order valence-corrected chi connectivity index (χ1v) is 11.7. The Morgan fingerprint density at radius 2 is 1.64 bits per heavy atom. The second-order valence-electron chi connectivity index (χ2n) is 10.9. The molecule has 2 aliphatic rings. The van der Waals surface area contributed by atoms with E-state index in [0.717, 1.165) is 12.8 Å². The Bertz CT molecular complexity index is 716. The fourth-order valence-corrected chi connectivity index (χ4v) is 4.26. The third-order valence-electron chi connectivity index (χ3n) is 6.51. The molecule has 0 aromatic carbocycles. The first-order valence-electron chi connectivity index (χ1n) is 11.7. The van der Waals surface area contributed by atoms with Crippen LogP contribution in [0.4, 0.5) is 4.79 Å². The van der Waals surface area contributed by atoms with Gasteiger partial charge in [0, 0.05) is 12.8 Å². The quantitative estimate of drug-likeness (QED) is 0.241. The number of rotatable bonds is 7. The van der Waals surface area contributed by atoms with Gasteiger partial charge in [-0.05, 0) is 61.2 Å². The van der Waals surface area contributed by atoms with E-state index in [1.54, 1.807) is 20.8 Å². The molecule has 10 heteroatoms. The van der Waals surface area contributed by atoms with Gasteiger partial charge in [0.2, 0.25) is 0 Å². The van der Waals surface area contributed by atoms with Gasteiger partial charge in [0.1, 0.15) is 17.7 Å². The fraction of sp³-hybridized carbons (Fsp3) is 0.870. The van der Waals surface area contributed by atoms with E-state index in [-0.39, 0.29) is 24.9 Å². The molecule has 0 aromatic rings. The van der Waals surface area contributed by atoms with Crippen molar-refractivity contribution in [3.8, 4) is 0 Å². The molecule has 3 atom stereocenters. The second kappa shape index (κ2) is 10.2. The van der Waals surface area contributed by atoms with Crippen LogP contribution < -0.4 is 0 Å². The molecule has 0 aliphatic carbocycles. The molecule has 0 N–H and O–H groups in total. The Hall–Kier alpha value is -1.81. The highest BCUT2D eigenvalue weighted by atomic mass is 16.7. The van der Waals surface area contributed by atoms with Crippen LogP contribution in [0.15, 0.2) is 0 Å². The largest absolute Gasteiger partial charge is 0.467 e. The molecule has 1 amide bonds. The Morgan fingerprint density at radius 3 is 2.12 bits per heavy atom. The molecule has 0 unspecified atom stereocenters. The maximum Gasteiger partial charge on any atom is 0.457 e. The summed E-state index contributed by atoms with van der Waals surface area (Å²) in [6, 6.07) is -0.883. The summed E-state index contributed by atoms with van der Waals surface area (Å²) in [6.07, 6.45) is 1.56. The number of nitrogens with zero attached hydrogens (tertiary/aromatic N) is 1. The lowest BCUT2D eigenvalue weighted by Crippen LogP contribution is -2.46. The maximum atomic E-state index is 12.8. The van der Waals surface area contributed by atoms with Crippen molar-refractivity contribution in [1.82, 2.24) is 4.90 Å². The maximum absolute atomic E-state index is 12.8. The zero-order valence-electron chi connectivity index (χ0n) is 21.6. The molecule has 2 saturated heterocycles. The van der Waals surface area contributed by atoms with E-state index >= 15 is 0 Å². The minimum absolute atomic E-state index is 0.0795. The number of hydrogen-bond acceptors (Lipinski definition) is 8. The number of esters is 2. The van der Waals surface area contributed by atoms with Crippen LogP contribution >= 0.6 is 0 Å². The molecule has 0 spiro atoms. The summed E-state index contributed by atoms with van der Waals surface area (Å²) in [6.45, 7) is 14.7. The topological polar surface area (TPSA) is 101 Å². The third kappa shape index (κ3) is 6.85. The summed E-state index contributed by atoms with van der Waals surface area (Å²) in [5.41, 5.74) is -1.49. The van der Waals surface area contributed by atoms with Gasteiger partial charge < -0.3 is 23.5 Å². The summed E-state index contributed by atoms with van der Waals surface area (Å²) < 4.78 is 28.1. The number of unbranched alkanes of at least 4 members (excludes halogenated alkanes) is 1. The van der Waals surface area contributed by atoms with Crippen molar-refractivity contribution in [2.75, 3.05) is 13.7 Å². The number of ether oxygens (including phenoxy) is 3. The van der Waals surface area contributed by atoms with Crippen LogP contribution in [0.25, 0.3) is 0 Å². The Labute approximate surface area is 197 Å². The van der Waals surface area contributed by atoms with Crippen molar-refractivity contribution in [2.45, 2.75) is 110 Å². The standard InChI is InChI=1S/C23H40BNO8/c1-15(26)30-17-14-25(20(28)31-21(2,3)4)18(19(27)29-9)16(17)12-10-11-13-24-32-22(5,6)23(7,8)33-24/h16-18H,10-14H2,1-9H3/t16-,17+,18+/m1/s1. The zero-order chi connectivity index (χ0) is 25.2. The third-order valence-corrected chi connectivity index (χ3v) is 6.51. The molecule has 188 valence electrons. The second-order valence-corrected chi connectivity index (χ2v) is 10.9. The SMILES string of the molecule is COC(=O)[C@@H]1[C@H](CCCCB2OC(C)(C)C(C)(C)O2)[C@@H](OC(C)=O)CN1C(=O)OC(C)(C)C. The number of carbonyl (C=O) groups is 3. The van der Waals surface area contributed by atoms with Gasteiger partial charge in [0.15, 0.2) is 0 Å². The zero-order valence-corrected chi connectivity index (χ0v) is 21.6. The van der Waals surface area contributed by atoms with Gasteiger partial charge in [-0.1, -0.05) is 12.8 Å². The van der Waals surface area contributed by atoms with Crippen LogP contribution in [0.1, 0.15) is 74.7 Å². The molecule has 2 fully saturated rings. The lowest BCUT2D eigenvalue weighted by atomic mass is 9.81. The van der Waals surface area contributed by atoms with Crippen molar-refractivity contribution in [3.63, 3.8) is 0 Å². The average Bonchev–Trinajstić information content (AvgIpc) is 3.09. The molecule has 2 heterocycles. The van der Waals surface area contributed by atoms with E-state index in [2.05, 4.69) is 0 Å². The number of carbonyl (C=O) groups excluding carboxylic acids is 3. The summed E-state index contributed by atoms with van der Waals surface area (Å²) >= 11 is 0. The van der Waals surface area contributed by atoms with Gasteiger partial charge in [0.05, 0.1) is 24.9 Å². The minimum atomic E-state index is -0.883. The molecule has 2 aliphatic heterocycles. The highest BCUT2D eigenvalue weighted by Gasteiger charge is 2.52. The number of methoxy groups -OCH3 is 1. The Balaban J connectivity index is 2.07. The molecule has 0 radical (unpaired) electrons. The lowest BCUT2D eigenvalue weighted by Gasteiger charge is -2.32. The van der Waals surface area contributed by atoms with Crippen molar-refractivity contribution in [1.29, 1.82) is 0 Å². The summed E-state index contributed by atoms with van der Waals surface area (Å²) in [5.74, 6) is -1.41. The van der Waals surface area contributed by atoms with Crippen molar-refractivity contribution < 1.29 is 37.9 Å². The van der Waals surface area contributed by atoms with Gasteiger partial charge in [-0.25, -0.2) is 9.59 Å².